The number of carbonyl (C=O) groups is 2. The molecule has 0 unspecified atom stereocenters. The van der Waals surface area contributed by atoms with Gasteiger partial charge in [-0.05, 0) is 24.6 Å². The molecular weight excluding hydrogens is 336 g/mol. The van der Waals surface area contributed by atoms with E-state index in [0.717, 1.165) is 11.3 Å². The fourth-order valence-corrected chi connectivity index (χ4v) is 1.93. The molecule has 2 rings (SSSR count). The zero-order valence-electron chi connectivity index (χ0n) is 14.5. The van der Waals surface area contributed by atoms with Gasteiger partial charge in [-0.1, -0.05) is 12.1 Å². The van der Waals surface area contributed by atoms with Gasteiger partial charge in [0.05, 0.1) is 19.7 Å². The standard InChI is InChI=1S/C17H20N6O3/c1-12(22-23-17(25)21-15-11-18-7-8-19-15)9-16(24)20-10-13-3-5-14(26-2)6-4-13/h3-8,11H,9-10H2,1-2H3,(H,20,24)(H2,19,21,23,25)/b22-12+. The first-order chi connectivity index (χ1) is 12.6. The molecule has 1 aromatic carbocycles. The zero-order chi connectivity index (χ0) is 18.8. The lowest BCUT2D eigenvalue weighted by atomic mass is 10.2. The third kappa shape index (κ3) is 6.56. The molecule has 0 saturated carbocycles. The third-order valence-corrected chi connectivity index (χ3v) is 3.22. The van der Waals surface area contributed by atoms with Crippen LogP contribution in [0.25, 0.3) is 0 Å². The molecule has 3 amide bonds. The highest BCUT2D eigenvalue weighted by atomic mass is 16.5. The number of methoxy groups -OCH3 is 1. The van der Waals surface area contributed by atoms with Crippen molar-refractivity contribution in [2.24, 2.45) is 5.10 Å². The Balaban J connectivity index is 1.73. The van der Waals surface area contributed by atoms with E-state index >= 15 is 0 Å². The van der Waals surface area contributed by atoms with Gasteiger partial charge in [0, 0.05) is 24.7 Å². The molecule has 3 N–H and O–H groups in total. The molecule has 0 saturated heterocycles. The van der Waals surface area contributed by atoms with Crippen LogP contribution in [0.2, 0.25) is 0 Å². The fraction of sp³-hybridized carbons (Fsp3) is 0.235. The van der Waals surface area contributed by atoms with Crippen LogP contribution in [0.1, 0.15) is 18.9 Å². The summed E-state index contributed by atoms with van der Waals surface area (Å²) in [6.07, 6.45) is 4.43. The van der Waals surface area contributed by atoms with Gasteiger partial charge in [0.25, 0.3) is 0 Å². The first-order valence-corrected chi connectivity index (χ1v) is 7.82. The van der Waals surface area contributed by atoms with Crippen LogP contribution in [-0.2, 0) is 11.3 Å². The molecule has 1 heterocycles. The van der Waals surface area contributed by atoms with Crippen molar-refractivity contribution in [3.8, 4) is 5.75 Å². The van der Waals surface area contributed by atoms with Crippen molar-refractivity contribution in [3.63, 3.8) is 0 Å². The third-order valence-electron chi connectivity index (χ3n) is 3.22. The molecule has 136 valence electrons. The minimum atomic E-state index is -0.566. The number of hydrogen-bond acceptors (Lipinski definition) is 6. The van der Waals surface area contributed by atoms with E-state index in [1.807, 2.05) is 24.3 Å². The molecule has 0 spiro atoms. The number of benzene rings is 1. The molecule has 0 fully saturated rings. The number of aromatic nitrogens is 2. The number of urea groups is 1. The van der Waals surface area contributed by atoms with Crippen molar-refractivity contribution in [2.75, 3.05) is 12.4 Å². The van der Waals surface area contributed by atoms with Gasteiger partial charge in [-0.25, -0.2) is 15.2 Å². The minimum Gasteiger partial charge on any atom is -0.497 e. The van der Waals surface area contributed by atoms with Crippen molar-refractivity contribution in [2.45, 2.75) is 19.9 Å². The topological polar surface area (TPSA) is 118 Å². The van der Waals surface area contributed by atoms with Crippen LogP contribution in [0, 0.1) is 0 Å². The largest absolute Gasteiger partial charge is 0.497 e. The molecule has 9 heteroatoms. The molecule has 9 nitrogen and oxygen atoms in total. The average Bonchev–Trinajstić information content (AvgIpc) is 2.66. The van der Waals surface area contributed by atoms with Crippen LogP contribution in [0.15, 0.2) is 48.0 Å². The summed E-state index contributed by atoms with van der Waals surface area (Å²) in [7, 11) is 1.60. The second-order valence-corrected chi connectivity index (χ2v) is 5.31. The summed E-state index contributed by atoms with van der Waals surface area (Å²) in [5.41, 5.74) is 3.72. The normalized spacial score (nSPS) is 10.8. The number of anilines is 1. The first kappa shape index (κ1) is 18.8. The van der Waals surface area contributed by atoms with Gasteiger partial charge in [-0.15, -0.1) is 0 Å². The van der Waals surface area contributed by atoms with Gasteiger partial charge in [-0.3, -0.25) is 15.1 Å². The molecule has 0 radical (unpaired) electrons. The van der Waals surface area contributed by atoms with E-state index in [0.29, 0.717) is 18.1 Å². The molecule has 0 aliphatic heterocycles. The van der Waals surface area contributed by atoms with Crippen molar-refractivity contribution < 1.29 is 14.3 Å². The number of hydrogen-bond donors (Lipinski definition) is 3. The molecule has 26 heavy (non-hydrogen) atoms. The van der Waals surface area contributed by atoms with Gasteiger partial charge in [0.2, 0.25) is 5.91 Å². The Morgan fingerprint density at radius 3 is 2.62 bits per heavy atom. The van der Waals surface area contributed by atoms with Gasteiger partial charge >= 0.3 is 6.03 Å². The second-order valence-electron chi connectivity index (χ2n) is 5.31. The summed E-state index contributed by atoms with van der Waals surface area (Å²) < 4.78 is 5.08. The van der Waals surface area contributed by atoms with Gasteiger partial charge in [-0.2, -0.15) is 5.10 Å². The summed E-state index contributed by atoms with van der Waals surface area (Å²) in [5.74, 6) is 0.863. The van der Waals surface area contributed by atoms with Crippen molar-refractivity contribution >= 4 is 23.5 Å². The van der Waals surface area contributed by atoms with E-state index in [4.69, 9.17) is 4.74 Å². The van der Waals surface area contributed by atoms with Gasteiger partial charge in [0.1, 0.15) is 5.75 Å². The average molecular weight is 356 g/mol. The Labute approximate surface area is 150 Å². The number of nitrogens with one attached hydrogen (secondary N) is 3. The predicted octanol–water partition coefficient (Wildman–Crippen LogP) is 1.69. The molecular formula is C17H20N6O3. The molecule has 0 aliphatic carbocycles. The number of carbonyl (C=O) groups excluding carboxylic acids is 2. The van der Waals surface area contributed by atoms with E-state index in [1.165, 1.54) is 18.6 Å². The highest BCUT2D eigenvalue weighted by Gasteiger charge is 2.06. The Morgan fingerprint density at radius 2 is 1.96 bits per heavy atom. The maximum Gasteiger partial charge on any atom is 0.340 e. The van der Waals surface area contributed by atoms with Gasteiger partial charge < -0.3 is 10.1 Å². The predicted molar refractivity (Wildman–Crippen MR) is 96.8 cm³/mol. The number of rotatable bonds is 7. The van der Waals surface area contributed by atoms with E-state index in [2.05, 4.69) is 31.1 Å². The highest BCUT2D eigenvalue weighted by molar-refractivity contribution is 6.00. The summed E-state index contributed by atoms with van der Waals surface area (Å²) in [6, 6.07) is 6.84. The Hall–Kier alpha value is -3.49. The minimum absolute atomic E-state index is 0.0710. The van der Waals surface area contributed by atoms with Crippen LogP contribution in [0.5, 0.6) is 5.75 Å². The molecule has 1 aromatic heterocycles. The van der Waals surface area contributed by atoms with Crippen LogP contribution in [0.3, 0.4) is 0 Å². The van der Waals surface area contributed by atoms with Crippen molar-refractivity contribution in [1.29, 1.82) is 0 Å². The maximum absolute atomic E-state index is 11.9. The number of ether oxygens (including phenoxy) is 1. The Morgan fingerprint density at radius 1 is 1.19 bits per heavy atom. The van der Waals surface area contributed by atoms with Crippen LogP contribution >= 0.6 is 0 Å². The second kappa shape index (κ2) is 9.72. The summed E-state index contributed by atoms with van der Waals surface area (Å²) >= 11 is 0. The lowest BCUT2D eigenvalue weighted by molar-refractivity contribution is -0.120. The summed E-state index contributed by atoms with van der Waals surface area (Å²) in [4.78, 5) is 31.3. The van der Waals surface area contributed by atoms with E-state index in [1.54, 1.807) is 14.0 Å². The molecule has 0 bridgehead atoms. The quantitative estimate of drug-likeness (QED) is 0.515. The smallest absolute Gasteiger partial charge is 0.340 e. The van der Waals surface area contributed by atoms with E-state index < -0.39 is 6.03 Å². The SMILES string of the molecule is COc1ccc(CNC(=O)C/C(C)=N/NC(=O)Nc2cnccn2)cc1. The lowest BCUT2D eigenvalue weighted by Gasteiger charge is -2.07. The summed E-state index contributed by atoms with van der Waals surface area (Å²) in [6.45, 7) is 2.05. The first-order valence-electron chi connectivity index (χ1n) is 7.82. The number of hydrazone groups is 1. The fourth-order valence-electron chi connectivity index (χ4n) is 1.93. The Kier molecular flexibility index (Phi) is 7.04. The van der Waals surface area contributed by atoms with E-state index in [-0.39, 0.29) is 12.3 Å². The zero-order valence-corrected chi connectivity index (χ0v) is 14.5. The lowest BCUT2D eigenvalue weighted by Crippen LogP contribution is -2.28. The molecule has 0 atom stereocenters. The van der Waals surface area contributed by atoms with Gasteiger partial charge in [0.15, 0.2) is 5.82 Å². The van der Waals surface area contributed by atoms with E-state index in [9.17, 15) is 9.59 Å². The number of amides is 3. The molecule has 0 aliphatic rings. The van der Waals surface area contributed by atoms with Crippen molar-refractivity contribution in [3.05, 3.63) is 48.4 Å². The number of nitrogens with zero attached hydrogens (tertiary/aromatic N) is 3. The van der Waals surface area contributed by atoms with Crippen LogP contribution in [0.4, 0.5) is 10.6 Å². The Bertz CT molecular complexity index is 762. The van der Waals surface area contributed by atoms with Crippen LogP contribution < -0.4 is 20.8 Å². The van der Waals surface area contributed by atoms with Crippen molar-refractivity contribution in [1.82, 2.24) is 20.7 Å². The maximum atomic E-state index is 11.9. The molecule has 2 aromatic rings. The summed E-state index contributed by atoms with van der Waals surface area (Å²) in [5, 5.41) is 9.12. The monoisotopic (exact) mass is 356 g/mol. The highest BCUT2D eigenvalue weighted by Crippen LogP contribution is 2.10. The van der Waals surface area contributed by atoms with Crippen LogP contribution in [-0.4, -0.2) is 34.7 Å².